The maximum absolute atomic E-state index is 13.7. The number of nitrogens with zero attached hydrogens (tertiary/aromatic N) is 3. The molecule has 0 amide bonds. The van der Waals surface area contributed by atoms with Crippen LogP contribution in [0, 0.1) is 17.7 Å². The van der Waals surface area contributed by atoms with Crippen LogP contribution in [-0.2, 0) is 4.74 Å². The minimum absolute atomic E-state index is 0.0642. The smallest absolute Gasteiger partial charge is 0.193 e. The molecule has 0 N–H and O–H groups in total. The van der Waals surface area contributed by atoms with E-state index < -0.39 is 0 Å². The second kappa shape index (κ2) is 13.9. The molecule has 2 unspecified atom stereocenters. The van der Waals surface area contributed by atoms with E-state index >= 15 is 0 Å². The Hall–Kier alpha value is -2.21. The molecule has 0 aliphatic carbocycles. The van der Waals surface area contributed by atoms with Crippen molar-refractivity contribution in [1.82, 2.24) is 4.90 Å². The van der Waals surface area contributed by atoms with Crippen molar-refractivity contribution >= 4 is 11.6 Å². The first-order chi connectivity index (χ1) is 14.2. The number of hydrogen-bond donors (Lipinski definition) is 0. The van der Waals surface area contributed by atoms with E-state index in [2.05, 4.69) is 49.6 Å². The van der Waals surface area contributed by atoms with Crippen molar-refractivity contribution in [2.45, 2.75) is 53.6 Å². The van der Waals surface area contributed by atoms with E-state index in [0.717, 1.165) is 31.1 Å². The van der Waals surface area contributed by atoms with E-state index in [9.17, 15) is 4.39 Å². The quantitative estimate of drug-likeness (QED) is 0.553. The summed E-state index contributed by atoms with van der Waals surface area (Å²) in [4.78, 5) is 10.8. The molecule has 30 heavy (non-hydrogen) atoms. The maximum Gasteiger partial charge on any atom is 0.193 e. The summed E-state index contributed by atoms with van der Waals surface area (Å²) in [5, 5.41) is 0. The summed E-state index contributed by atoms with van der Waals surface area (Å²) in [6.07, 6.45) is 4.85. The van der Waals surface area contributed by atoms with Gasteiger partial charge in [0.25, 0.3) is 0 Å². The van der Waals surface area contributed by atoms with E-state index in [1.165, 1.54) is 6.07 Å². The van der Waals surface area contributed by atoms with Gasteiger partial charge in [-0.25, -0.2) is 9.38 Å². The lowest BCUT2D eigenvalue weighted by Crippen LogP contribution is -2.31. The number of ether oxygens (including phenoxy) is 2. The molecule has 0 aromatic heterocycles. The number of methoxy groups -OCH3 is 1. The molecule has 1 aromatic carbocycles. The summed E-state index contributed by atoms with van der Waals surface area (Å²) in [6, 6.07) is 6.52. The van der Waals surface area contributed by atoms with E-state index in [1.807, 2.05) is 6.92 Å². The Morgan fingerprint density at radius 1 is 1.07 bits per heavy atom. The number of para-hydroxylation sites is 1. The van der Waals surface area contributed by atoms with Crippen molar-refractivity contribution in [3.8, 4) is 5.75 Å². The summed E-state index contributed by atoms with van der Waals surface area (Å²) in [5.74, 6) is 1.79. The largest absolute Gasteiger partial charge is 0.487 e. The lowest BCUT2D eigenvalue weighted by molar-refractivity contribution is 0.141. The highest BCUT2D eigenvalue weighted by atomic mass is 19.1. The minimum Gasteiger partial charge on any atom is -0.487 e. The predicted octanol–water partition coefficient (Wildman–Crippen LogP) is 5.57. The second-order valence-electron chi connectivity index (χ2n) is 8.39. The number of benzene rings is 1. The van der Waals surface area contributed by atoms with Gasteiger partial charge in [-0.15, -0.1) is 0 Å². The van der Waals surface area contributed by atoms with Crippen LogP contribution >= 0.6 is 0 Å². The average molecular weight is 420 g/mol. The first-order valence-corrected chi connectivity index (χ1v) is 10.6. The third kappa shape index (κ3) is 10.5. The summed E-state index contributed by atoms with van der Waals surface area (Å²) in [7, 11) is 3.69. The monoisotopic (exact) mass is 419 g/mol. The first kappa shape index (κ1) is 25.8. The summed E-state index contributed by atoms with van der Waals surface area (Å²) in [6.45, 7) is 12.3. The van der Waals surface area contributed by atoms with E-state index in [0.29, 0.717) is 24.0 Å². The molecule has 2 rings (SSSR count). The van der Waals surface area contributed by atoms with Gasteiger partial charge in [0.15, 0.2) is 17.5 Å². The number of halogens is 1. The van der Waals surface area contributed by atoms with Gasteiger partial charge in [0, 0.05) is 24.7 Å². The third-order valence-corrected chi connectivity index (χ3v) is 4.50. The van der Waals surface area contributed by atoms with Crippen LogP contribution < -0.4 is 4.74 Å². The van der Waals surface area contributed by atoms with Crippen LogP contribution in [0.25, 0.3) is 0 Å². The second-order valence-corrected chi connectivity index (χ2v) is 8.39. The molecule has 0 bridgehead atoms. The molecule has 0 fully saturated rings. The van der Waals surface area contributed by atoms with Crippen molar-refractivity contribution < 1.29 is 13.9 Å². The van der Waals surface area contributed by atoms with Crippen molar-refractivity contribution in [2.24, 2.45) is 21.8 Å². The zero-order chi connectivity index (χ0) is 22.5. The van der Waals surface area contributed by atoms with Crippen molar-refractivity contribution in [3.05, 3.63) is 42.5 Å². The Balaban J connectivity index is 0.00000103. The molecule has 0 radical (unpaired) electrons. The van der Waals surface area contributed by atoms with E-state index in [-0.39, 0.29) is 11.9 Å². The molecule has 1 aliphatic heterocycles. The Labute approximate surface area is 181 Å². The fourth-order valence-corrected chi connectivity index (χ4v) is 2.65. The van der Waals surface area contributed by atoms with Crippen LogP contribution in [0.5, 0.6) is 5.75 Å². The van der Waals surface area contributed by atoms with Gasteiger partial charge in [-0.05, 0) is 50.9 Å². The van der Waals surface area contributed by atoms with Gasteiger partial charge in [-0.2, -0.15) is 0 Å². The molecule has 5 nitrogen and oxygen atoms in total. The third-order valence-electron chi connectivity index (χ3n) is 4.50. The lowest BCUT2D eigenvalue weighted by atomic mass is 10.0. The van der Waals surface area contributed by atoms with Crippen molar-refractivity contribution in [2.75, 3.05) is 27.2 Å². The molecular formula is C24H38FN3O2. The fraction of sp³-hybridized carbons (Fsp3) is 0.583. The topological polar surface area (TPSA) is 46.4 Å². The molecule has 1 heterocycles. The molecule has 6 heteroatoms. The van der Waals surface area contributed by atoms with Crippen molar-refractivity contribution in [3.63, 3.8) is 0 Å². The van der Waals surface area contributed by atoms with Crippen LogP contribution in [0.1, 0.15) is 47.5 Å². The minimum atomic E-state index is -0.321. The SMILES string of the molecule is CC(C)C.COC1=NC=CN=C(CN(C)CCC(C)C(C)Oc2ccccc2F)C1. The fourth-order valence-electron chi connectivity index (χ4n) is 2.65. The highest BCUT2D eigenvalue weighted by Crippen LogP contribution is 2.21. The predicted molar refractivity (Wildman–Crippen MR) is 124 cm³/mol. The highest BCUT2D eigenvalue weighted by molar-refractivity contribution is 6.03. The molecule has 0 spiro atoms. The average Bonchev–Trinajstić information content (AvgIpc) is 2.92. The molecule has 1 aliphatic rings. The normalized spacial score (nSPS) is 15.5. The van der Waals surface area contributed by atoms with Gasteiger partial charge in [0.05, 0.1) is 19.6 Å². The Bertz CT molecular complexity index is 713. The van der Waals surface area contributed by atoms with Crippen LogP contribution in [0.15, 0.2) is 46.7 Å². The molecule has 0 saturated carbocycles. The van der Waals surface area contributed by atoms with Gasteiger partial charge in [0.2, 0.25) is 0 Å². The van der Waals surface area contributed by atoms with E-state index in [4.69, 9.17) is 9.47 Å². The Kier molecular flexibility index (Phi) is 12.0. The molecule has 1 aromatic rings. The van der Waals surface area contributed by atoms with Crippen LogP contribution in [0.3, 0.4) is 0 Å². The summed E-state index contributed by atoms with van der Waals surface area (Å²) >= 11 is 0. The summed E-state index contributed by atoms with van der Waals surface area (Å²) in [5.41, 5.74) is 1.02. The molecule has 2 atom stereocenters. The van der Waals surface area contributed by atoms with Crippen LogP contribution in [0.2, 0.25) is 0 Å². The van der Waals surface area contributed by atoms with Gasteiger partial charge >= 0.3 is 0 Å². The van der Waals surface area contributed by atoms with Gasteiger partial charge in [-0.1, -0.05) is 39.8 Å². The molecule has 168 valence electrons. The lowest BCUT2D eigenvalue weighted by Gasteiger charge is -2.24. The zero-order valence-corrected chi connectivity index (χ0v) is 19.6. The standard InChI is InChI=1S/C20H28FN3O2.C4H10/c1-15(16(2)26-19-8-6-5-7-18(19)21)9-12-24(3)14-17-13-20(25-4)23-11-10-22-17;1-4(2)3/h5-8,10-11,15-16H,9,12-14H2,1-4H3;4H,1-3H3. The Morgan fingerprint density at radius 3 is 2.33 bits per heavy atom. The Morgan fingerprint density at radius 2 is 1.70 bits per heavy atom. The van der Waals surface area contributed by atoms with Crippen LogP contribution in [-0.4, -0.2) is 49.9 Å². The number of hydrogen-bond acceptors (Lipinski definition) is 5. The molecule has 0 saturated heterocycles. The van der Waals surface area contributed by atoms with Gasteiger partial charge in [0.1, 0.15) is 0 Å². The maximum atomic E-state index is 13.7. The highest BCUT2D eigenvalue weighted by Gasteiger charge is 2.17. The first-order valence-electron chi connectivity index (χ1n) is 10.6. The van der Waals surface area contributed by atoms with Crippen LogP contribution in [0.4, 0.5) is 4.39 Å². The molecular weight excluding hydrogens is 381 g/mol. The van der Waals surface area contributed by atoms with Gasteiger partial charge in [-0.3, -0.25) is 4.99 Å². The van der Waals surface area contributed by atoms with E-state index in [1.54, 1.807) is 37.7 Å². The van der Waals surface area contributed by atoms with Gasteiger partial charge < -0.3 is 14.4 Å². The number of aliphatic imine (C=N–C) groups is 2. The number of rotatable bonds is 8. The van der Waals surface area contributed by atoms with Crippen molar-refractivity contribution in [1.29, 1.82) is 0 Å². The zero-order valence-electron chi connectivity index (χ0n) is 19.6. The summed E-state index contributed by atoms with van der Waals surface area (Å²) < 4.78 is 24.7.